The number of anilines is 1. The van der Waals surface area contributed by atoms with Crippen LogP contribution in [0.15, 0.2) is 78.9 Å². The molecular weight excluding hydrogens is 383 g/mol. The highest BCUT2D eigenvalue weighted by atomic mass is 19.4. The lowest BCUT2D eigenvalue weighted by molar-refractivity contribution is -0.137. The maximum Gasteiger partial charge on any atom is 0.418 e. The van der Waals surface area contributed by atoms with Crippen LogP contribution >= 0.6 is 0 Å². The van der Waals surface area contributed by atoms with Gasteiger partial charge in [-0.25, -0.2) is 4.79 Å². The standard InChI is InChI=1S/C22H16F3NO3/c23-22(24,25)18-12-6-7-13-19(18)26-20(27)14-29-21(28)17-11-5-4-10-16(17)15-8-2-1-3-9-15/h1-13H,14H2,(H,26,27). The van der Waals surface area contributed by atoms with Crippen LogP contribution in [-0.2, 0) is 15.7 Å². The highest BCUT2D eigenvalue weighted by Crippen LogP contribution is 2.34. The Bertz CT molecular complexity index is 1020. The summed E-state index contributed by atoms with van der Waals surface area (Å²) in [6.07, 6.45) is -4.62. The second kappa shape index (κ2) is 8.60. The first-order valence-electron chi connectivity index (χ1n) is 8.64. The first kappa shape index (κ1) is 20.1. The van der Waals surface area contributed by atoms with Gasteiger partial charge in [0.25, 0.3) is 5.91 Å². The molecule has 3 aromatic rings. The van der Waals surface area contributed by atoms with Gasteiger partial charge in [0.15, 0.2) is 6.61 Å². The molecule has 0 aliphatic rings. The Hall–Kier alpha value is -3.61. The van der Waals surface area contributed by atoms with Crippen LogP contribution in [0, 0.1) is 0 Å². The van der Waals surface area contributed by atoms with E-state index in [1.807, 2.05) is 30.3 Å². The number of hydrogen-bond acceptors (Lipinski definition) is 3. The minimum absolute atomic E-state index is 0.252. The average molecular weight is 399 g/mol. The highest BCUT2D eigenvalue weighted by molar-refractivity contribution is 5.99. The molecule has 29 heavy (non-hydrogen) atoms. The Labute approximate surface area is 164 Å². The number of amides is 1. The zero-order valence-electron chi connectivity index (χ0n) is 15.1. The van der Waals surface area contributed by atoms with Crippen molar-refractivity contribution in [2.75, 3.05) is 11.9 Å². The van der Waals surface area contributed by atoms with Gasteiger partial charge in [-0.1, -0.05) is 60.7 Å². The second-order valence-corrected chi connectivity index (χ2v) is 6.08. The van der Waals surface area contributed by atoms with E-state index in [9.17, 15) is 22.8 Å². The Morgan fingerprint density at radius 2 is 1.45 bits per heavy atom. The topological polar surface area (TPSA) is 55.4 Å². The van der Waals surface area contributed by atoms with Crippen molar-refractivity contribution in [2.45, 2.75) is 6.18 Å². The Kier molecular flexibility index (Phi) is 5.97. The van der Waals surface area contributed by atoms with E-state index >= 15 is 0 Å². The van der Waals surface area contributed by atoms with E-state index in [-0.39, 0.29) is 5.56 Å². The maximum absolute atomic E-state index is 13.0. The molecule has 0 spiro atoms. The second-order valence-electron chi connectivity index (χ2n) is 6.08. The first-order chi connectivity index (χ1) is 13.9. The van der Waals surface area contributed by atoms with Crippen molar-refractivity contribution in [1.82, 2.24) is 0 Å². The molecule has 0 radical (unpaired) electrons. The van der Waals surface area contributed by atoms with Crippen molar-refractivity contribution in [3.05, 3.63) is 90.0 Å². The number of alkyl halides is 3. The Morgan fingerprint density at radius 1 is 0.828 bits per heavy atom. The minimum Gasteiger partial charge on any atom is -0.452 e. The third-order valence-electron chi connectivity index (χ3n) is 4.07. The van der Waals surface area contributed by atoms with E-state index in [1.54, 1.807) is 24.3 Å². The number of ether oxygens (including phenoxy) is 1. The summed E-state index contributed by atoms with van der Waals surface area (Å²) in [6, 6.07) is 20.4. The number of para-hydroxylation sites is 1. The lowest BCUT2D eigenvalue weighted by Crippen LogP contribution is -2.23. The zero-order valence-corrected chi connectivity index (χ0v) is 15.1. The molecule has 0 saturated carbocycles. The third kappa shape index (κ3) is 5.01. The van der Waals surface area contributed by atoms with Gasteiger partial charge in [0, 0.05) is 0 Å². The summed E-state index contributed by atoms with van der Waals surface area (Å²) >= 11 is 0. The van der Waals surface area contributed by atoms with Crippen LogP contribution in [0.3, 0.4) is 0 Å². The molecule has 148 valence electrons. The fraction of sp³-hybridized carbons (Fsp3) is 0.0909. The normalized spacial score (nSPS) is 11.0. The highest BCUT2D eigenvalue weighted by Gasteiger charge is 2.33. The van der Waals surface area contributed by atoms with Crippen molar-refractivity contribution >= 4 is 17.6 Å². The molecule has 4 nitrogen and oxygen atoms in total. The first-order valence-corrected chi connectivity index (χ1v) is 8.64. The number of benzene rings is 3. The van der Waals surface area contributed by atoms with E-state index in [0.29, 0.717) is 5.56 Å². The molecule has 0 saturated heterocycles. The van der Waals surface area contributed by atoms with Gasteiger partial charge in [-0.15, -0.1) is 0 Å². The van der Waals surface area contributed by atoms with Crippen molar-refractivity contribution < 1.29 is 27.5 Å². The fourth-order valence-corrected chi connectivity index (χ4v) is 2.77. The lowest BCUT2D eigenvalue weighted by atomic mass is 10.00. The molecule has 0 aliphatic heterocycles. The summed E-state index contributed by atoms with van der Waals surface area (Å²) in [7, 11) is 0. The molecular formula is C22H16F3NO3. The monoisotopic (exact) mass is 399 g/mol. The Balaban J connectivity index is 1.69. The molecule has 0 aliphatic carbocycles. The van der Waals surface area contributed by atoms with Crippen molar-refractivity contribution in [3.8, 4) is 11.1 Å². The maximum atomic E-state index is 13.0. The van der Waals surface area contributed by atoms with Gasteiger partial charge in [-0.3, -0.25) is 4.79 Å². The summed E-state index contributed by atoms with van der Waals surface area (Å²) in [4.78, 5) is 24.5. The van der Waals surface area contributed by atoms with Crippen molar-refractivity contribution in [3.63, 3.8) is 0 Å². The van der Waals surface area contributed by atoms with E-state index in [0.717, 1.165) is 17.7 Å². The molecule has 0 heterocycles. The third-order valence-corrected chi connectivity index (χ3v) is 4.07. The average Bonchev–Trinajstić information content (AvgIpc) is 2.72. The predicted molar refractivity (Wildman–Crippen MR) is 102 cm³/mol. The fourth-order valence-electron chi connectivity index (χ4n) is 2.77. The van der Waals surface area contributed by atoms with E-state index in [2.05, 4.69) is 5.32 Å². The minimum atomic E-state index is -4.62. The molecule has 0 aromatic heterocycles. The van der Waals surface area contributed by atoms with Gasteiger partial charge in [0.1, 0.15) is 0 Å². The molecule has 0 unspecified atom stereocenters. The predicted octanol–water partition coefficient (Wildman–Crippen LogP) is 5.17. The summed E-state index contributed by atoms with van der Waals surface area (Å²) < 4.78 is 44.0. The zero-order chi connectivity index (χ0) is 20.9. The van der Waals surface area contributed by atoms with Gasteiger partial charge in [0.05, 0.1) is 16.8 Å². The quantitative estimate of drug-likeness (QED) is 0.603. The molecule has 0 fully saturated rings. The number of esters is 1. The molecule has 3 aromatic carbocycles. The summed E-state index contributed by atoms with van der Waals surface area (Å²) in [5.41, 5.74) is 0.298. The van der Waals surface area contributed by atoms with Gasteiger partial charge >= 0.3 is 12.1 Å². The van der Waals surface area contributed by atoms with E-state index in [1.165, 1.54) is 12.1 Å². The van der Waals surface area contributed by atoms with Crippen LogP contribution in [0.5, 0.6) is 0 Å². The Morgan fingerprint density at radius 3 is 2.17 bits per heavy atom. The van der Waals surface area contributed by atoms with Crippen LogP contribution in [0.1, 0.15) is 15.9 Å². The van der Waals surface area contributed by atoms with Crippen LogP contribution in [-0.4, -0.2) is 18.5 Å². The molecule has 0 bridgehead atoms. The summed E-state index contributed by atoms with van der Waals surface area (Å²) in [6.45, 7) is -0.714. The molecule has 7 heteroatoms. The van der Waals surface area contributed by atoms with E-state index in [4.69, 9.17) is 4.74 Å². The van der Waals surface area contributed by atoms with Crippen LogP contribution in [0.2, 0.25) is 0 Å². The number of carbonyl (C=O) groups excluding carboxylic acids is 2. The number of nitrogens with one attached hydrogen (secondary N) is 1. The van der Waals surface area contributed by atoms with Crippen LogP contribution in [0.4, 0.5) is 18.9 Å². The molecule has 1 N–H and O–H groups in total. The SMILES string of the molecule is O=C(COC(=O)c1ccccc1-c1ccccc1)Nc1ccccc1C(F)(F)F. The van der Waals surface area contributed by atoms with Crippen LogP contribution in [0.25, 0.3) is 11.1 Å². The van der Waals surface area contributed by atoms with Gasteiger partial charge < -0.3 is 10.1 Å². The molecule has 1 amide bonds. The number of rotatable bonds is 5. The number of carbonyl (C=O) groups is 2. The van der Waals surface area contributed by atoms with Crippen LogP contribution < -0.4 is 5.32 Å². The molecule has 0 atom stereocenters. The summed E-state index contributed by atoms with van der Waals surface area (Å²) in [5, 5.41) is 2.13. The van der Waals surface area contributed by atoms with E-state index < -0.39 is 35.9 Å². The van der Waals surface area contributed by atoms with Gasteiger partial charge in [-0.2, -0.15) is 13.2 Å². The lowest BCUT2D eigenvalue weighted by Gasteiger charge is -2.14. The largest absolute Gasteiger partial charge is 0.452 e. The van der Waals surface area contributed by atoms with Crippen molar-refractivity contribution in [2.24, 2.45) is 0 Å². The number of halogens is 3. The summed E-state index contributed by atoms with van der Waals surface area (Å²) in [5.74, 6) is -1.61. The van der Waals surface area contributed by atoms with Crippen molar-refractivity contribution in [1.29, 1.82) is 0 Å². The molecule has 3 rings (SSSR count). The smallest absolute Gasteiger partial charge is 0.418 e. The van der Waals surface area contributed by atoms with Gasteiger partial charge in [-0.05, 0) is 29.3 Å². The number of hydrogen-bond donors (Lipinski definition) is 1. The van der Waals surface area contributed by atoms with Gasteiger partial charge in [0.2, 0.25) is 0 Å².